The fourth-order valence-corrected chi connectivity index (χ4v) is 4.26. The lowest BCUT2D eigenvalue weighted by molar-refractivity contribution is -0.116. The van der Waals surface area contributed by atoms with E-state index < -0.39 is 0 Å². The Morgan fingerprint density at radius 3 is 1.95 bits per heavy atom. The maximum absolute atomic E-state index is 12.1. The van der Waals surface area contributed by atoms with Gasteiger partial charge in [0.2, 0.25) is 5.91 Å². The molecule has 6 heteroatoms. The van der Waals surface area contributed by atoms with E-state index in [1.165, 1.54) is 0 Å². The fraction of sp³-hybridized carbons (Fsp3) is 0.394. The van der Waals surface area contributed by atoms with Crippen LogP contribution in [0.25, 0.3) is 0 Å². The summed E-state index contributed by atoms with van der Waals surface area (Å²) in [4.78, 5) is 27.3. The van der Waals surface area contributed by atoms with Gasteiger partial charge in [-0.1, -0.05) is 91.9 Å². The van der Waals surface area contributed by atoms with Crippen molar-refractivity contribution in [2.45, 2.75) is 53.0 Å². The molecular weight excluding hydrogens is 484 g/mol. The Labute approximate surface area is 235 Å². The minimum atomic E-state index is 0.0674. The van der Waals surface area contributed by atoms with Crippen LogP contribution in [0.5, 0.6) is 0 Å². The number of likely N-dealkylation sites (tertiary alicyclic amines) is 1. The summed E-state index contributed by atoms with van der Waals surface area (Å²) in [5.41, 5.74) is 8.70. The lowest BCUT2D eigenvalue weighted by Gasteiger charge is -2.31. The average Bonchev–Trinajstić information content (AvgIpc) is 2.96. The number of rotatable bonds is 6. The summed E-state index contributed by atoms with van der Waals surface area (Å²) < 4.78 is 0. The largest absolute Gasteiger partial charge is 0.331 e. The average molecular weight is 531 g/mol. The Hall–Kier alpha value is -3.64. The number of aryl methyl sites for hydroxylation is 1. The van der Waals surface area contributed by atoms with Gasteiger partial charge in [-0.25, -0.2) is 4.79 Å². The molecule has 3 amide bonds. The van der Waals surface area contributed by atoms with Gasteiger partial charge in [0.1, 0.15) is 0 Å². The first kappa shape index (κ1) is 31.6. The third-order valence-corrected chi connectivity index (χ3v) is 6.75. The normalized spacial score (nSPS) is 13.6. The molecule has 1 heterocycles. The zero-order valence-electron chi connectivity index (χ0n) is 24.1. The lowest BCUT2D eigenvalue weighted by Crippen LogP contribution is -2.44. The van der Waals surface area contributed by atoms with Crippen molar-refractivity contribution in [1.29, 1.82) is 0 Å². The zero-order valence-corrected chi connectivity index (χ0v) is 24.1. The van der Waals surface area contributed by atoms with Crippen molar-refractivity contribution in [2.24, 2.45) is 11.7 Å². The number of para-hydroxylation sites is 1. The third kappa shape index (κ3) is 11.7. The Morgan fingerprint density at radius 1 is 0.923 bits per heavy atom. The molecule has 1 unspecified atom stereocenters. The summed E-state index contributed by atoms with van der Waals surface area (Å²) in [5.74, 6) is 0.818. The molecule has 3 aromatic carbocycles. The van der Waals surface area contributed by atoms with Crippen molar-refractivity contribution >= 4 is 17.6 Å². The second-order valence-electron chi connectivity index (χ2n) is 10.0. The van der Waals surface area contributed by atoms with Crippen LogP contribution < -0.4 is 16.0 Å². The first-order valence-electron chi connectivity index (χ1n) is 14.0. The quantitative estimate of drug-likeness (QED) is 0.378. The zero-order chi connectivity index (χ0) is 28.5. The standard InChI is InChI=1S/C15H22N2O.C12H18N2O.C6H6/c1-12-8-10-17(11-9-12)15(18)16-13(2)14-6-4-3-5-7-14;1-10-6-3-4-7-12(10)14(11(2)15)9-5-8-13;1-2-4-6-5-3-1/h3-7,12-13H,8-11H2,1-2H3,(H,16,18);3-4,6-7H,5,8-9,13H2,1-2H3;1-6H. The summed E-state index contributed by atoms with van der Waals surface area (Å²) in [7, 11) is 0. The maximum atomic E-state index is 12.1. The van der Waals surface area contributed by atoms with Crippen LogP contribution in [0.4, 0.5) is 10.5 Å². The molecule has 6 nitrogen and oxygen atoms in total. The number of anilines is 1. The number of hydrogen-bond donors (Lipinski definition) is 2. The number of nitrogens with zero attached hydrogens (tertiary/aromatic N) is 2. The molecule has 1 fully saturated rings. The monoisotopic (exact) mass is 530 g/mol. The van der Waals surface area contributed by atoms with E-state index in [1.54, 1.807) is 11.8 Å². The van der Waals surface area contributed by atoms with E-state index in [2.05, 4.69) is 12.2 Å². The second-order valence-corrected chi connectivity index (χ2v) is 10.0. The van der Waals surface area contributed by atoms with Crippen molar-refractivity contribution in [3.8, 4) is 0 Å². The maximum Gasteiger partial charge on any atom is 0.317 e. The Balaban J connectivity index is 0.000000228. The summed E-state index contributed by atoms with van der Waals surface area (Å²) in [6, 6.07) is 30.1. The molecular formula is C33H46N4O2. The van der Waals surface area contributed by atoms with E-state index in [1.807, 2.05) is 110 Å². The molecule has 1 atom stereocenters. The molecule has 3 aromatic rings. The predicted octanol–water partition coefficient (Wildman–Crippen LogP) is 6.57. The van der Waals surface area contributed by atoms with Gasteiger partial charge in [0.15, 0.2) is 0 Å². The van der Waals surface area contributed by atoms with Gasteiger partial charge in [0, 0.05) is 32.2 Å². The third-order valence-electron chi connectivity index (χ3n) is 6.75. The highest BCUT2D eigenvalue weighted by Crippen LogP contribution is 2.20. The first-order chi connectivity index (χ1) is 18.8. The van der Waals surface area contributed by atoms with Gasteiger partial charge in [-0.2, -0.15) is 0 Å². The van der Waals surface area contributed by atoms with Crippen LogP contribution in [0, 0.1) is 12.8 Å². The van der Waals surface area contributed by atoms with Crippen LogP contribution in [0.3, 0.4) is 0 Å². The molecule has 0 aromatic heterocycles. The van der Waals surface area contributed by atoms with E-state index in [-0.39, 0.29) is 18.0 Å². The highest BCUT2D eigenvalue weighted by Gasteiger charge is 2.21. The number of piperidine rings is 1. The van der Waals surface area contributed by atoms with E-state index in [0.29, 0.717) is 13.1 Å². The van der Waals surface area contributed by atoms with Crippen LogP contribution in [-0.4, -0.2) is 43.0 Å². The van der Waals surface area contributed by atoms with Gasteiger partial charge in [-0.05, 0) is 62.8 Å². The topological polar surface area (TPSA) is 78.7 Å². The number of hydrogen-bond acceptors (Lipinski definition) is 3. The molecule has 1 saturated heterocycles. The van der Waals surface area contributed by atoms with Crippen molar-refractivity contribution in [2.75, 3.05) is 31.1 Å². The van der Waals surface area contributed by atoms with E-state index in [9.17, 15) is 9.59 Å². The highest BCUT2D eigenvalue weighted by molar-refractivity contribution is 5.92. The van der Waals surface area contributed by atoms with Gasteiger partial charge >= 0.3 is 6.03 Å². The van der Waals surface area contributed by atoms with Crippen LogP contribution in [0.2, 0.25) is 0 Å². The van der Waals surface area contributed by atoms with Crippen molar-refractivity contribution in [3.05, 3.63) is 102 Å². The molecule has 0 bridgehead atoms. The Kier molecular flexibility index (Phi) is 14.4. The van der Waals surface area contributed by atoms with Gasteiger partial charge in [-0.3, -0.25) is 4.79 Å². The van der Waals surface area contributed by atoms with E-state index in [0.717, 1.165) is 55.1 Å². The highest BCUT2D eigenvalue weighted by atomic mass is 16.2. The Morgan fingerprint density at radius 2 is 1.44 bits per heavy atom. The summed E-state index contributed by atoms with van der Waals surface area (Å²) >= 11 is 0. The Bertz CT molecular complexity index is 1060. The number of carbonyl (C=O) groups excluding carboxylic acids is 2. The minimum absolute atomic E-state index is 0.0674. The van der Waals surface area contributed by atoms with Crippen LogP contribution in [0.1, 0.15) is 57.2 Å². The van der Waals surface area contributed by atoms with Crippen molar-refractivity contribution in [1.82, 2.24) is 10.2 Å². The smallest absolute Gasteiger partial charge is 0.317 e. The second kappa shape index (κ2) is 17.8. The summed E-state index contributed by atoms with van der Waals surface area (Å²) in [6.07, 6.45) is 3.06. The minimum Gasteiger partial charge on any atom is -0.331 e. The molecule has 3 N–H and O–H groups in total. The number of nitrogens with one attached hydrogen (secondary N) is 1. The molecule has 0 aliphatic carbocycles. The lowest BCUT2D eigenvalue weighted by atomic mass is 9.99. The predicted molar refractivity (Wildman–Crippen MR) is 163 cm³/mol. The SMILES string of the molecule is CC(=O)N(CCCN)c1ccccc1C.CC1CCN(C(=O)NC(C)c2ccccc2)CC1.c1ccccc1. The van der Waals surface area contributed by atoms with Crippen LogP contribution in [0.15, 0.2) is 91.0 Å². The molecule has 4 rings (SSSR count). The number of nitrogens with two attached hydrogens (primary N) is 1. The van der Waals surface area contributed by atoms with E-state index in [4.69, 9.17) is 5.73 Å². The fourth-order valence-electron chi connectivity index (χ4n) is 4.26. The van der Waals surface area contributed by atoms with E-state index >= 15 is 0 Å². The van der Waals surface area contributed by atoms with Crippen LogP contribution in [-0.2, 0) is 4.79 Å². The molecule has 0 spiro atoms. The van der Waals surface area contributed by atoms with Gasteiger partial charge in [0.25, 0.3) is 0 Å². The number of amides is 3. The summed E-state index contributed by atoms with van der Waals surface area (Å²) in [6.45, 7) is 10.9. The number of benzene rings is 3. The van der Waals surface area contributed by atoms with Crippen molar-refractivity contribution < 1.29 is 9.59 Å². The van der Waals surface area contributed by atoms with Gasteiger partial charge in [0.05, 0.1) is 6.04 Å². The van der Waals surface area contributed by atoms with Crippen molar-refractivity contribution in [3.63, 3.8) is 0 Å². The van der Waals surface area contributed by atoms with Crippen LogP contribution >= 0.6 is 0 Å². The molecule has 1 aliphatic rings. The number of carbonyl (C=O) groups is 2. The van der Waals surface area contributed by atoms with Gasteiger partial charge < -0.3 is 20.9 Å². The number of urea groups is 1. The summed E-state index contributed by atoms with van der Waals surface area (Å²) in [5, 5.41) is 3.07. The molecule has 39 heavy (non-hydrogen) atoms. The molecule has 1 aliphatic heterocycles. The molecule has 210 valence electrons. The molecule has 0 radical (unpaired) electrons. The molecule has 0 saturated carbocycles. The first-order valence-corrected chi connectivity index (χ1v) is 14.0. The van der Waals surface area contributed by atoms with Gasteiger partial charge in [-0.15, -0.1) is 0 Å².